The van der Waals surface area contributed by atoms with E-state index in [1.54, 1.807) is 6.07 Å². The van der Waals surface area contributed by atoms with Gasteiger partial charge in [0.1, 0.15) is 0 Å². The molecular weight excluding hydrogens is 183 g/mol. The van der Waals surface area contributed by atoms with Crippen molar-refractivity contribution in [3.8, 4) is 5.75 Å². The molecule has 76 valence electrons. The molecule has 2 rings (SSSR count). The Hall–Kier alpha value is -1.09. The minimum atomic E-state index is -0.301. The molecule has 1 aromatic carbocycles. The van der Waals surface area contributed by atoms with E-state index < -0.39 is 0 Å². The number of halogens is 1. The van der Waals surface area contributed by atoms with Crippen LogP contribution in [-0.4, -0.2) is 18.3 Å². The maximum atomic E-state index is 13.3. The van der Waals surface area contributed by atoms with Crippen molar-refractivity contribution in [2.45, 2.75) is 18.8 Å². The van der Waals surface area contributed by atoms with E-state index in [2.05, 4.69) is 0 Å². The average Bonchev–Trinajstić information content (AvgIpc) is 2.20. The molecule has 1 heterocycles. The van der Waals surface area contributed by atoms with Crippen molar-refractivity contribution < 1.29 is 14.2 Å². The summed E-state index contributed by atoms with van der Waals surface area (Å²) in [6.45, 7) is 0.680. The van der Waals surface area contributed by atoms with Crippen molar-refractivity contribution in [3.05, 3.63) is 29.6 Å². The largest absolute Gasteiger partial charge is 0.490 e. The lowest BCUT2D eigenvalue weighted by atomic mass is 9.90. The quantitative estimate of drug-likeness (QED) is 0.784. The van der Waals surface area contributed by atoms with Crippen molar-refractivity contribution in [1.82, 2.24) is 0 Å². The summed E-state index contributed by atoms with van der Waals surface area (Å²) in [5, 5.41) is 8.88. The molecule has 14 heavy (non-hydrogen) atoms. The first-order chi connectivity index (χ1) is 6.83. The maximum absolute atomic E-state index is 13.3. The summed E-state index contributed by atoms with van der Waals surface area (Å²) in [5.41, 5.74) is 0.894. The second-order valence-electron chi connectivity index (χ2n) is 3.50. The SMILES string of the molecule is OCCC1CCOc2c(F)cccc21. The van der Waals surface area contributed by atoms with Gasteiger partial charge in [-0.25, -0.2) is 4.39 Å². The first-order valence-corrected chi connectivity index (χ1v) is 4.85. The first kappa shape index (κ1) is 9.46. The average molecular weight is 196 g/mol. The minimum absolute atomic E-state index is 0.140. The monoisotopic (exact) mass is 196 g/mol. The Morgan fingerprint density at radius 2 is 2.36 bits per heavy atom. The second kappa shape index (κ2) is 3.96. The summed E-state index contributed by atoms with van der Waals surface area (Å²) in [6.07, 6.45) is 1.54. The van der Waals surface area contributed by atoms with Gasteiger partial charge in [-0.3, -0.25) is 0 Å². The van der Waals surface area contributed by atoms with Gasteiger partial charge in [0.2, 0.25) is 0 Å². The topological polar surface area (TPSA) is 29.5 Å². The van der Waals surface area contributed by atoms with Gasteiger partial charge in [-0.15, -0.1) is 0 Å². The fourth-order valence-electron chi connectivity index (χ4n) is 1.91. The predicted molar refractivity (Wildman–Crippen MR) is 51.0 cm³/mol. The number of fused-ring (bicyclic) bond motifs is 1. The number of rotatable bonds is 2. The van der Waals surface area contributed by atoms with E-state index in [1.807, 2.05) is 6.07 Å². The van der Waals surface area contributed by atoms with Gasteiger partial charge < -0.3 is 9.84 Å². The smallest absolute Gasteiger partial charge is 0.165 e. The van der Waals surface area contributed by atoms with Gasteiger partial charge in [-0.05, 0) is 24.8 Å². The van der Waals surface area contributed by atoms with Gasteiger partial charge in [0.15, 0.2) is 11.6 Å². The number of aliphatic hydroxyl groups excluding tert-OH is 1. The molecule has 1 aromatic rings. The Morgan fingerprint density at radius 3 is 3.14 bits per heavy atom. The molecule has 0 bridgehead atoms. The van der Waals surface area contributed by atoms with Crippen LogP contribution in [0.15, 0.2) is 18.2 Å². The number of hydrogen-bond acceptors (Lipinski definition) is 2. The number of benzene rings is 1. The molecule has 0 saturated carbocycles. The zero-order chi connectivity index (χ0) is 9.97. The van der Waals surface area contributed by atoms with Gasteiger partial charge in [-0.1, -0.05) is 12.1 Å². The van der Waals surface area contributed by atoms with E-state index >= 15 is 0 Å². The Labute approximate surface area is 82.3 Å². The van der Waals surface area contributed by atoms with Crippen LogP contribution in [0.3, 0.4) is 0 Å². The van der Waals surface area contributed by atoms with Crippen LogP contribution in [0.4, 0.5) is 4.39 Å². The third-order valence-electron chi connectivity index (χ3n) is 2.63. The highest BCUT2D eigenvalue weighted by Crippen LogP contribution is 2.36. The number of ether oxygens (including phenoxy) is 1. The molecular formula is C11H13FO2. The van der Waals surface area contributed by atoms with Crippen LogP contribution < -0.4 is 4.74 Å². The molecule has 2 nitrogen and oxygen atoms in total. The molecule has 1 aliphatic heterocycles. The van der Waals surface area contributed by atoms with Gasteiger partial charge in [0.05, 0.1) is 6.61 Å². The van der Waals surface area contributed by atoms with Crippen LogP contribution in [0.5, 0.6) is 5.75 Å². The van der Waals surface area contributed by atoms with E-state index in [-0.39, 0.29) is 18.3 Å². The molecule has 0 spiro atoms. The Bertz CT molecular complexity index is 325. The third-order valence-corrected chi connectivity index (χ3v) is 2.63. The van der Waals surface area contributed by atoms with Crippen molar-refractivity contribution in [1.29, 1.82) is 0 Å². The molecule has 0 aromatic heterocycles. The standard InChI is InChI=1S/C11H13FO2/c12-10-3-1-2-9-8(4-6-13)5-7-14-11(9)10/h1-3,8,13H,4-7H2. The fourth-order valence-corrected chi connectivity index (χ4v) is 1.91. The van der Waals surface area contributed by atoms with E-state index in [0.29, 0.717) is 18.8 Å². The lowest BCUT2D eigenvalue weighted by Crippen LogP contribution is -2.16. The van der Waals surface area contributed by atoms with E-state index in [4.69, 9.17) is 9.84 Å². The lowest BCUT2D eigenvalue weighted by molar-refractivity contribution is 0.223. The molecule has 1 unspecified atom stereocenters. The summed E-state index contributed by atoms with van der Waals surface area (Å²) in [6, 6.07) is 4.96. The summed E-state index contributed by atoms with van der Waals surface area (Å²) >= 11 is 0. The van der Waals surface area contributed by atoms with Gasteiger partial charge >= 0.3 is 0 Å². The summed E-state index contributed by atoms with van der Waals surface area (Å²) in [4.78, 5) is 0. The van der Waals surface area contributed by atoms with Gasteiger partial charge in [0.25, 0.3) is 0 Å². The molecule has 3 heteroatoms. The van der Waals surface area contributed by atoms with Crippen LogP contribution >= 0.6 is 0 Å². The number of hydrogen-bond donors (Lipinski definition) is 1. The number of para-hydroxylation sites is 1. The minimum Gasteiger partial charge on any atom is -0.490 e. The molecule has 1 N–H and O–H groups in total. The highest BCUT2D eigenvalue weighted by atomic mass is 19.1. The van der Waals surface area contributed by atoms with Crippen molar-refractivity contribution >= 4 is 0 Å². The molecule has 1 atom stereocenters. The molecule has 0 amide bonds. The third kappa shape index (κ3) is 1.60. The van der Waals surface area contributed by atoms with Gasteiger partial charge in [-0.2, -0.15) is 0 Å². The summed E-state index contributed by atoms with van der Waals surface area (Å²) in [7, 11) is 0. The fraction of sp³-hybridized carbons (Fsp3) is 0.455. The number of aliphatic hydroxyl groups is 1. The highest BCUT2D eigenvalue weighted by molar-refractivity contribution is 5.39. The van der Waals surface area contributed by atoms with E-state index in [1.165, 1.54) is 6.07 Å². The van der Waals surface area contributed by atoms with Crippen LogP contribution in [0.2, 0.25) is 0 Å². The lowest BCUT2D eigenvalue weighted by Gasteiger charge is -2.25. The first-order valence-electron chi connectivity index (χ1n) is 4.85. The van der Waals surface area contributed by atoms with Crippen LogP contribution in [-0.2, 0) is 0 Å². The summed E-state index contributed by atoms with van der Waals surface area (Å²) in [5.74, 6) is 0.307. The Morgan fingerprint density at radius 1 is 1.50 bits per heavy atom. The van der Waals surface area contributed by atoms with Crippen LogP contribution in [0.25, 0.3) is 0 Å². The van der Waals surface area contributed by atoms with Crippen LogP contribution in [0, 0.1) is 5.82 Å². The molecule has 0 radical (unpaired) electrons. The Kier molecular flexibility index (Phi) is 2.68. The zero-order valence-corrected chi connectivity index (χ0v) is 7.87. The van der Waals surface area contributed by atoms with E-state index in [9.17, 15) is 4.39 Å². The predicted octanol–water partition coefficient (Wildman–Crippen LogP) is 2.07. The van der Waals surface area contributed by atoms with Crippen molar-refractivity contribution in [2.75, 3.05) is 13.2 Å². The second-order valence-corrected chi connectivity index (χ2v) is 3.50. The molecule has 0 saturated heterocycles. The molecule has 1 aliphatic rings. The highest BCUT2D eigenvalue weighted by Gasteiger charge is 2.23. The van der Waals surface area contributed by atoms with Crippen molar-refractivity contribution in [3.63, 3.8) is 0 Å². The van der Waals surface area contributed by atoms with Crippen LogP contribution in [0.1, 0.15) is 24.3 Å². The van der Waals surface area contributed by atoms with E-state index in [0.717, 1.165) is 12.0 Å². The van der Waals surface area contributed by atoms with Crippen molar-refractivity contribution in [2.24, 2.45) is 0 Å². The molecule has 0 aliphatic carbocycles. The maximum Gasteiger partial charge on any atom is 0.165 e. The Balaban J connectivity index is 2.34. The normalized spacial score (nSPS) is 20.0. The molecule has 0 fully saturated rings. The summed E-state index contributed by atoms with van der Waals surface area (Å²) < 4.78 is 18.6. The van der Waals surface area contributed by atoms with Gasteiger partial charge in [0, 0.05) is 12.2 Å². The zero-order valence-electron chi connectivity index (χ0n) is 7.87.